The zero-order valence-corrected chi connectivity index (χ0v) is 15.5. The van der Waals surface area contributed by atoms with E-state index in [4.69, 9.17) is 11.6 Å². The van der Waals surface area contributed by atoms with Gasteiger partial charge in [-0.2, -0.15) is 4.98 Å². The van der Waals surface area contributed by atoms with Crippen molar-refractivity contribution in [2.24, 2.45) is 0 Å². The monoisotopic (exact) mass is 384 g/mol. The first-order valence-corrected chi connectivity index (χ1v) is 8.91. The molecule has 9 heteroatoms. The number of halogens is 1. The fourth-order valence-corrected chi connectivity index (χ4v) is 2.92. The average molecular weight is 385 g/mol. The molecule has 138 valence electrons. The van der Waals surface area contributed by atoms with Crippen molar-refractivity contribution in [2.75, 3.05) is 5.32 Å². The Bertz CT molecular complexity index is 1070. The number of anilines is 1. The number of hydrogen-bond donors (Lipinski definition) is 2. The van der Waals surface area contributed by atoms with E-state index >= 15 is 0 Å². The zero-order valence-electron chi connectivity index (χ0n) is 14.8. The lowest BCUT2D eigenvalue weighted by atomic mass is 10.2. The third-order valence-corrected chi connectivity index (χ3v) is 4.53. The maximum Gasteiger partial charge on any atom is 0.295 e. The summed E-state index contributed by atoms with van der Waals surface area (Å²) in [5.74, 6) is -0.387. The SMILES string of the molecule is Cc1cc(C)n2nc(C(=O)Nc3ccc(Cl)c(C(=O)NC4CC4)c3)nc2n1. The van der Waals surface area contributed by atoms with E-state index in [2.05, 4.69) is 25.7 Å². The quantitative estimate of drug-likeness (QED) is 0.719. The molecule has 1 fully saturated rings. The summed E-state index contributed by atoms with van der Waals surface area (Å²) in [6.07, 6.45) is 1.96. The van der Waals surface area contributed by atoms with Crippen LogP contribution in [0.4, 0.5) is 5.69 Å². The van der Waals surface area contributed by atoms with Crippen molar-refractivity contribution < 1.29 is 9.59 Å². The molecule has 0 unspecified atom stereocenters. The van der Waals surface area contributed by atoms with E-state index < -0.39 is 5.91 Å². The summed E-state index contributed by atoms with van der Waals surface area (Å²) in [5, 5.41) is 10.1. The Hall–Kier alpha value is -3.00. The highest BCUT2D eigenvalue weighted by Crippen LogP contribution is 2.24. The molecule has 0 radical (unpaired) electrons. The maximum atomic E-state index is 12.5. The number of amides is 2. The Morgan fingerprint density at radius 3 is 2.67 bits per heavy atom. The number of carbonyl (C=O) groups excluding carboxylic acids is 2. The van der Waals surface area contributed by atoms with E-state index in [1.807, 2.05) is 19.9 Å². The van der Waals surface area contributed by atoms with Gasteiger partial charge in [0.05, 0.1) is 10.6 Å². The number of nitrogens with zero attached hydrogens (tertiary/aromatic N) is 4. The number of aromatic nitrogens is 4. The molecule has 2 amide bonds. The molecule has 2 N–H and O–H groups in total. The van der Waals surface area contributed by atoms with Crippen LogP contribution in [-0.2, 0) is 0 Å². The highest BCUT2D eigenvalue weighted by Gasteiger charge is 2.25. The second kappa shape index (κ2) is 6.62. The summed E-state index contributed by atoms with van der Waals surface area (Å²) in [7, 11) is 0. The summed E-state index contributed by atoms with van der Waals surface area (Å²) in [4.78, 5) is 33.2. The molecule has 1 aliphatic carbocycles. The lowest BCUT2D eigenvalue weighted by molar-refractivity contribution is 0.0949. The number of rotatable bonds is 4. The van der Waals surface area contributed by atoms with Gasteiger partial charge in [-0.1, -0.05) is 11.6 Å². The van der Waals surface area contributed by atoms with Gasteiger partial charge in [0.15, 0.2) is 0 Å². The van der Waals surface area contributed by atoms with E-state index in [0.717, 1.165) is 24.2 Å². The van der Waals surface area contributed by atoms with Crippen molar-refractivity contribution in [2.45, 2.75) is 32.7 Å². The second-order valence-electron chi connectivity index (χ2n) is 6.58. The van der Waals surface area contributed by atoms with Crippen LogP contribution in [0, 0.1) is 13.8 Å². The minimum absolute atomic E-state index is 0.00451. The van der Waals surface area contributed by atoms with Crippen LogP contribution in [0.1, 0.15) is 45.2 Å². The summed E-state index contributed by atoms with van der Waals surface area (Å²) in [6, 6.07) is 6.81. The number of hydrogen-bond acceptors (Lipinski definition) is 5. The topological polar surface area (TPSA) is 101 Å². The minimum atomic E-state index is -0.492. The molecule has 3 aromatic rings. The molecule has 0 spiro atoms. The lowest BCUT2D eigenvalue weighted by Crippen LogP contribution is -2.25. The van der Waals surface area contributed by atoms with Crippen molar-refractivity contribution in [3.8, 4) is 0 Å². The summed E-state index contributed by atoms with van der Waals surface area (Å²) in [6.45, 7) is 3.71. The third-order valence-electron chi connectivity index (χ3n) is 4.20. The van der Waals surface area contributed by atoms with Crippen LogP contribution < -0.4 is 10.6 Å². The Balaban J connectivity index is 1.57. The molecule has 0 saturated heterocycles. The number of nitrogens with one attached hydrogen (secondary N) is 2. The van der Waals surface area contributed by atoms with E-state index in [-0.39, 0.29) is 17.8 Å². The van der Waals surface area contributed by atoms with Crippen molar-refractivity contribution >= 4 is 34.9 Å². The van der Waals surface area contributed by atoms with Gasteiger partial charge in [-0.3, -0.25) is 9.59 Å². The van der Waals surface area contributed by atoms with Gasteiger partial charge >= 0.3 is 0 Å². The molecule has 2 heterocycles. The lowest BCUT2D eigenvalue weighted by Gasteiger charge is -2.08. The summed E-state index contributed by atoms with van der Waals surface area (Å²) in [5.41, 5.74) is 2.38. The van der Waals surface area contributed by atoms with Crippen molar-refractivity contribution in [1.29, 1.82) is 0 Å². The first-order chi connectivity index (χ1) is 12.9. The fourth-order valence-electron chi connectivity index (χ4n) is 2.72. The Morgan fingerprint density at radius 1 is 1.15 bits per heavy atom. The van der Waals surface area contributed by atoms with Crippen LogP contribution in [0.15, 0.2) is 24.3 Å². The van der Waals surface area contributed by atoms with Gasteiger partial charge < -0.3 is 10.6 Å². The van der Waals surface area contributed by atoms with Crippen molar-refractivity contribution in [3.05, 3.63) is 52.1 Å². The Labute approximate surface area is 160 Å². The Kier molecular flexibility index (Phi) is 4.27. The van der Waals surface area contributed by atoms with Crippen LogP contribution in [0.2, 0.25) is 5.02 Å². The van der Waals surface area contributed by atoms with Gasteiger partial charge in [-0.15, -0.1) is 5.10 Å². The van der Waals surface area contributed by atoms with Crippen LogP contribution in [0.3, 0.4) is 0 Å². The van der Waals surface area contributed by atoms with Gasteiger partial charge in [0.1, 0.15) is 0 Å². The molecular formula is C18H17ClN6O2. The number of benzene rings is 1. The number of carbonyl (C=O) groups is 2. The summed E-state index contributed by atoms with van der Waals surface area (Å²) >= 11 is 6.12. The van der Waals surface area contributed by atoms with E-state index in [9.17, 15) is 9.59 Å². The molecule has 8 nitrogen and oxygen atoms in total. The largest absolute Gasteiger partial charge is 0.349 e. The van der Waals surface area contributed by atoms with E-state index in [1.54, 1.807) is 18.2 Å². The average Bonchev–Trinajstić information content (AvgIpc) is 3.31. The molecule has 1 aliphatic rings. The van der Waals surface area contributed by atoms with E-state index in [1.165, 1.54) is 4.52 Å². The van der Waals surface area contributed by atoms with Crippen LogP contribution >= 0.6 is 11.6 Å². The smallest absolute Gasteiger partial charge is 0.295 e. The first kappa shape index (κ1) is 17.4. The third kappa shape index (κ3) is 3.61. The predicted octanol–water partition coefficient (Wildman–Crippen LogP) is 2.54. The number of fused-ring (bicyclic) bond motifs is 1. The molecule has 1 saturated carbocycles. The molecule has 4 rings (SSSR count). The zero-order chi connectivity index (χ0) is 19.1. The van der Waals surface area contributed by atoms with Crippen LogP contribution in [0.25, 0.3) is 5.78 Å². The van der Waals surface area contributed by atoms with Crippen LogP contribution in [0.5, 0.6) is 0 Å². The highest BCUT2D eigenvalue weighted by atomic mass is 35.5. The molecule has 27 heavy (non-hydrogen) atoms. The fraction of sp³-hybridized carbons (Fsp3) is 0.278. The van der Waals surface area contributed by atoms with Crippen molar-refractivity contribution in [1.82, 2.24) is 24.9 Å². The maximum absolute atomic E-state index is 12.5. The van der Waals surface area contributed by atoms with Crippen LogP contribution in [-0.4, -0.2) is 37.4 Å². The first-order valence-electron chi connectivity index (χ1n) is 8.53. The number of aryl methyl sites for hydroxylation is 2. The van der Waals surface area contributed by atoms with Crippen molar-refractivity contribution in [3.63, 3.8) is 0 Å². The van der Waals surface area contributed by atoms with E-state index in [0.29, 0.717) is 22.1 Å². The second-order valence-corrected chi connectivity index (χ2v) is 6.99. The molecule has 0 bridgehead atoms. The molecule has 0 aliphatic heterocycles. The van der Waals surface area contributed by atoms with Gasteiger partial charge in [0.25, 0.3) is 17.6 Å². The summed E-state index contributed by atoms with van der Waals surface area (Å²) < 4.78 is 1.51. The Morgan fingerprint density at radius 2 is 1.93 bits per heavy atom. The normalized spacial score (nSPS) is 13.6. The minimum Gasteiger partial charge on any atom is -0.349 e. The molecular weight excluding hydrogens is 368 g/mol. The molecule has 2 aromatic heterocycles. The predicted molar refractivity (Wildman–Crippen MR) is 100 cm³/mol. The molecule has 1 aromatic carbocycles. The van der Waals surface area contributed by atoms with Gasteiger partial charge in [-0.05, 0) is 51.0 Å². The van der Waals surface area contributed by atoms with Gasteiger partial charge in [-0.25, -0.2) is 9.50 Å². The highest BCUT2D eigenvalue weighted by molar-refractivity contribution is 6.34. The van der Waals surface area contributed by atoms with Gasteiger partial charge in [0, 0.05) is 23.1 Å². The standard InChI is InChI=1S/C18H17ClN6O2/c1-9-7-10(2)25-18(20-9)23-15(24-25)17(27)22-12-5-6-14(19)13(8-12)16(26)21-11-3-4-11/h5-8,11H,3-4H2,1-2H3,(H,21,26)(H,22,27). The molecule has 0 atom stereocenters. The van der Waals surface area contributed by atoms with Gasteiger partial charge in [0.2, 0.25) is 5.82 Å².